The van der Waals surface area contributed by atoms with Crippen LogP contribution in [0.15, 0.2) is 0 Å². The Labute approximate surface area is 115 Å². The molecule has 0 spiro atoms. The molecule has 0 aliphatic carbocycles. The van der Waals surface area contributed by atoms with Crippen LogP contribution in [0.25, 0.3) is 0 Å². The molecule has 0 radical (unpaired) electrons. The van der Waals surface area contributed by atoms with E-state index < -0.39 is 0 Å². The van der Waals surface area contributed by atoms with Crippen molar-refractivity contribution in [2.45, 2.75) is 45.1 Å². The van der Waals surface area contributed by atoms with Crippen LogP contribution in [0.3, 0.4) is 0 Å². The third kappa shape index (κ3) is 5.59. The number of amides is 2. The predicted molar refractivity (Wildman–Crippen MR) is 73.8 cm³/mol. The Morgan fingerprint density at radius 2 is 2.00 bits per heavy atom. The molecule has 1 aliphatic heterocycles. The summed E-state index contributed by atoms with van der Waals surface area (Å²) in [5.41, 5.74) is 0. The number of carbonyl (C=O) groups is 2. The molecule has 19 heavy (non-hydrogen) atoms. The van der Waals surface area contributed by atoms with Gasteiger partial charge in [0.25, 0.3) is 0 Å². The van der Waals surface area contributed by atoms with E-state index in [2.05, 4.69) is 0 Å². The van der Waals surface area contributed by atoms with Gasteiger partial charge in [0.2, 0.25) is 11.8 Å². The summed E-state index contributed by atoms with van der Waals surface area (Å²) >= 11 is 0. The van der Waals surface area contributed by atoms with Crippen molar-refractivity contribution in [2.75, 3.05) is 33.8 Å². The van der Waals surface area contributed by atoms with E-state index in [0.717, 1.165) is 32.3 Å². The maximum absolute atomic E-state index is 12.1. The minimum Gasteiger partial charge on any atom is -0.378 e. The van der Waals surface area contributed by atoms with Crippen molar-refractivity contribution in [3.8, 4) is 0 Å². The fourth-order valence-corrected chi connectivity index (χ4v) is 2.18. The summed E-state index contributed by atoms with van der Waals surface area (Å²) in [6, 6.07) is 0. The fourth-order valence-electron chi connectivity index (χ4n) is 2.18. The van der Waals surface area contributed by atoms with E-state index >= 15 is 0 Å². The molecule has 5 heteroatoms. The highest BCUT2D eigenvalue weighted by Crippen LogP contribution is 2.17. The number of ether oxygens (including phenoxy) is 1. The van der Waals surface area contributed by atoms with Gasteiger partial charge < -0.3 is 14.5 Å². The third-order valence-electron chi connectivity index (χ3n) is 3.38. The van der Waals surface area contributed by atoms with E-state index in [-0.39, 0.29) is 24.5 Å². The van der Waals surface area contributed by atoms with Gasteiger partial charge in [0.1, 0.15) is 0 Å². The summed E-state index contributed by atoms with van der Waals surface area (Å²) < 4.78 is 5.52. The van der Waals surface area contributed by atoms with Crippen molar-refractivity contribution in [1.82, 2.24) is 9.80 Å². The van der Waals surface area contributed by atoms with Crippen LogP contribution in [0.1, 0.15) is 39.0 Å². The lowest BCUT2D eigenvalue weighted by molar-refractivity contribution is -0.139. The third-order valence-corrected chi connectivity index (χ3v) is 3.38. The topological polar surface area (TPSA) is 49.9 Å². The van der Waals surface area contributed by atoms with Gasteiger partial charge in [0, 0.05) is 33.7 Å². The Morgan fingerprint density at radius 1 is 1.26 bits per heavy atom. The minimum atomic E-state index is -0.0288. The Balaban J connectivity index is 2.40. The molecular formula is C14H26N2O3. The molecule has 0 aromatic rings. The fraction of sp³-hybridized carbons (Fsp3) is 0.857. The van der Waals surface area contributed by atoms with Gasteiger partial charge in [-0.2, -0.15) is 0 Å². The van der Waals surface area contributed by atoms with Crippen LogP contribution < -0.4 is 0 Å². The summed E-state index contributed by atoms with van der Waals surface area (Å²) in [6.07, 6.45) is 4.50. The van der Waals surface area contributed by atoms with Gasteiger partial charge in [-0.05, 0) is 25.7 Å². The predicted octanol–water partition coefficient (Wildman–Crippen LogP) is 1.27. The van der Waals surface area contributed by atoms with E-state index in [1.54, 1.807) is 19.0 Å². The van der Waals surface area contributed by atoms with Gasteiger partial charge in [-0.15, -0.1) is 0 Å². The van der Waals surface area contributed by atoms with Crippen molar-refractivity contribution in [2.24, 2.45) is 0 Å². The molecule has 0 N–H and O–H groups in total. The second kappa shape index (κ2) is 8.15. The van der Waals surface area contributed by atoms with Crippen molar-refractivity contribution in [3.63, 3.8) is 0 Å². The van der Waals surface area contributed by atoms with Crippen LogP contribution in [-0.2, 0) is 14.3 Å². The molecule has 110 valence electrons. The standard InChI is InChI=1S/C14H26N2O3/c1-4-9-16(11-14(18)15(2)3)13(17)8-7-12-6-5-10-19-12/h12H,4-11H2,1-3H3. The number of rotatable bonds is 7. The lowest BCUT2D eigenvalue weighted by atomic mass is 10.1. The maximum atomic E-state index is 12.1. The van der Waals surface area contributed by atoms with E-state index in [9.17, 15) is 9.59 Å². The monoisotopic (exact) mass is 270 g/mol. The van der Waals surface area contributed by atoms with Crippen molar-refractivity contribution in [3.05, 3.63) is 0 Å². The van der Waals surface area contributed by atoms with Crippen LogP contribution in [0.2, 0.25) is 0 Å². The van der Waals surface area contributed by atoms with Crippen LogP contribution in [0, 0.1) is 0 Å². The molecule has 1 unspecified atom stereocenters. The van der Waals surface area contributed by atoms with Crippen LogP contribution >= 0.6 is 0 Å². The van der Waals surface area contributed by atoms with E-state index in [1.165, 1.54) is 4.90 Å². The highest BCUT2D eigenvalue weighted by Gasteiger charge is 2.21. The Bertz CT molecular complexity index is 299. The van der Waals surface area contributed by atoms with Gasteiger partial charge in [-0.25, -0.2) is 0 Å². The SMILES string of the molecule is CCCN(CC(=O)N(C)C)C(=O)CCC1CCCO1. The molecule has 1 rings (SSSR count). The first kappa shape index (κ1) is 16.0. The molecule has 1 fully saturated rings. The highest BCUT2D eigenvalue weighted by atomic mass is 16.5. The first-order chi connectivity index (χ1) is 9.04. The molecule has 0 aromatic carbocycles. The van der Waals surface area contributed by atoms with E-state index in [4.69, 9.17) is 4.74 Å². The number of hydrogen-bond acceptors (Lipinski definition) is 3. The second-order valence-electron chi connectivity index (χ2n) is 5.28. The Kier molecular flexibility index (Phi) is 6.84. The maximum Gasteiger partial charge on any atom is 0.241 e. The van der Waals surface area contributed by atoms with Crippen molar-refractivity contribution in [1.29, 1.82) is 0 Å². The second-order valence-corrected chi connectivity index (χ2v) is 5.28. The number of carbonyl (C=O) groups excluding carboxylic acids is 2. The van der Waals surface area contributed by atoms with Crippen LogP contribution in [-0.4, -0.2) is 61.5 Å². The number of nitrogens with zero attached hydrogens (tertiary/aromatic N) is 2. The van der Waals surface area contributed by atoms with Gasteiger partial charge in [0.05, 0.1) is 12.6 Å². The van der Waals surface area contributed by atoms with Crippen LogP contribution in [0.4, 0.5) is 0 Å². The van der Waals surface area contributed by atoms with Crippen molar-refractivity contribution < 1.29 is 14.3 Å². The summed E-state index contributed by atoms with van der Waals surface area (Å²) in [4.78, 5) is 27.0. The molecule has 0 aromatic heterocycles. The lowest BCUT2D eigenvalue weighted by Gasteiger charge is -2.23. The summed E-state index contributed by atoms with van der Waals surface area (Å²) in [5.74, 6) is 0.0338. The smallest absolute Gasteiger partial charge is 0.241 e. The molecule has 0 saturated carbocycles. The Morgan fingerprint density at radius 3 is 2.53 bits per heavy atom. The molecule has 1 heterocycles. The average molecular weight is 270 g/mol. The quantitative estimate of drug-likeness (QED) is 0.700. The van der Waals surface area contributed by atoms with Crippen LogP contribution in [0.5, 0.6) is 0 Å². The molecule has 1 saturated heterocycles. The minimum absolute atomic E-state index is 0.0288. The van der Waals surface area contributed by atoms with Gasteiger partial charge >= 0.3 is 0 Å². The van der Waals surface area contributed by atoms with Crippen molar-refractivity contribution >= 4 is 11.8 Å². The van der Waals surface area contributed by atoms with Gasteiger partial charge in [-0.1, -0.05) is 6.92 Å². The largest absolute Gasteiger partial charge is 0.378 e. The zero-order valence-corrected chi connectivity index (χ0v) is 12.4. The average Bonchev–Trinajstić information content (AvgIpc) is 2.88. The summed E-state index contributed by atoms with van der Waals surface area (Å²) in [5, 5.41) is 0. The Hall–Kier alpha value is -1.10. The zero-order chi connectivity index (χ0) is 14.3. The molecular weight excluding hydrogens is 244 g/mol. The van der Waals surface area contributed by atoms with Gasteiger partial charge in [-0.3, -0.25) is 9.59 Å². The van der Waals surface area contributed by atoms with E-state index in [0.29, 0.717) is 13.0 Å². The number of likely N-dealkylation sites (N-methyl/N-ethyl adjacent to an activating group) is 1. The number of hydrogen-bond donors (Lipinski definition) is 0. The summed E-state index contributed by atoms with van der Waals surface area (Å²) in [7, 11) is 3.42. The molecule has 5 nitrogen and oxygen atoms in total. The highest BCUT2D eigenvalue weighted by molar-refractivity contribution is 5.84. The van der Waals surface area contributed by atoms with Gasteiger partial charge in [0.15, 0.2) is 0 Å². The summed E-state index contributed by atoms with van der Waals surface area (Å²) in [6.45, 7) is 3.66. The zero-order valence-electron chi connectivity index (χ0n) is 12.4. The molecule has 1 aliphatic rings. The molecule has 2 amide bonds. The van der Waals surface area contributed by atoms with E-state index in [1.807, 2.05) is 6.92 Å². The molecule has 0 bridgehead atoms. The first-order valence-electron chi connectivity index (χ1n) is 7.14. The molecule has 1 atom stereocenters. The normalized spacial score (nSPS) is 18.4. The lowest BCUT2D eigenvalue weighted by Crippen LogP contribution is -2.40. The first-order valence-corrected chi connectivity index (χ1v) is 7.14.